The fourth-order valence-corrected chi connectivity index (χ4v) is 2.31. The number of aliphatic imine (C=N–C) groups is 1. The molecule has 0 bridgehead atoms. The molecule has 0 aliphatic carbocycles. The first-order valence-corrected chi connectivity index (χ1v) is 8.04. The number of ether oxygens (including phenoxy) is 1. The Morgan fingerprint density at radius 3 is 2.91 bits per heavy atom. The Labute approximate surface area is 151 Å². The quantitative estimate of drug-likeness (QED) is 0.526. The molecule has 0 atom stereocenters. The maximum Gasteiger partial charge on any atom is 0.191 e. The molecule has 5 heteroatoms. The maximum absolute atomic E-state index is 5.96. The van der Waals surface area contributed by atoms with E-state index in [4.69, 9.17) is 4.74 Å². The molecule has 0 aromatic heterocycles. The summed E-state index contributed by atoms with van der Waals surface area (Å²) in [5.41, 5.74) is 2.42. The van der Waals surface area contributed by atoms with Crippen LogP contribution in [0, 0.1) is 6.92 Å². The highest BCUT2D eigenvalue weighted by Gasteiger charge is 2.07. The molecule has 22 heavy (non-hydrogen) atoms. The summed E-state index contributed by atoms with van der Waals surface area (Å²) in [5, 5.41) is 6.64. The Hall–Kier alpha value is -0.980. The lowest BCUT2D eigenvalue weighted by Crippen LogP contribution is -2.40. The second-order valence-corrected chi connectivity index (χ2v) is 5.53. The summed E-state index contributed by atoms with van der Waals surface area (Å²) in [5.74, 6) is 1.90. The van der Waals surface area contributed by atoms with Gasteiger partial charge in [-0.2, -0.15) is 0 Å². The summed E-state index contributed by atoms with van der Waals surface area (Å²) in [6.45, 7) is 7.76. The molecule has 0 unspecified atom stereocenters. The second-order valence-electron chi connectivity index (χ2n) is 5.53. The topological polar surface area (TPSA) is 45.6 Å². The monoisotopic (exact) mass is 417 g/mol. The van der Waals surface area contributed by atoms with Crippen LogP contribution in [0.5, 0.6) is 5.75 Å². The van der Waals surface area contributed by atoms with Crippen molar-refractivity contribution in [2.45, 2.75) is 46.1 Å². The van der Waals surface area contributed by atoms with Gasteiger partial charge in [0.1, 0.15) is 5.75 Å². The van der Waals surface area contributed by atoms with Gasteiger partial charge in [-0.15, -0.1) is 24.0 Å². The van der Waals surface area contributed by atoms with E-state index in [2.05, 4.69) is 47.7 Å². The van der Waals surface area contributed by atoms with Crippen molar-refractivity contribution in [1.82, 2.24) is 10.6 Å². The van der Waals surface area contributed by atoms with Gasteiger partial charge in [-0.25, -0.2) is 0 Å². The molecular weight excluding hydrogens is 389 g/mol. The van der Waals surface area contributed by atoms with Crippen LogP contribution in [0.25, 0.3) is 0 Å². The van der Waals surface area contributed by atoms with Crippen LogP contribution >= 0.6 is 24.0 Å². The molecule has 0 saturated carbocycles. The van der Waals surface area contributed by atoms with Gasteiger partial charge < -0.3 is 15.4 Å². The molecule has 1 aliphatic rings. The number of hydrogen-bond acceptors (Lipinski definition) is 4. The van der Waals surface area contributed by atoms with Crippen molar-refractivity contribution in [3.05, 3.63) is 29.3 Å². The molecule has 124 valence electrons. The van der Waals surface area contributed by atoms with Gasteiger partial charge in [0.2, 0.25) is 0 Å². The Morgan fingerprint density at radius 1 is 1.32 bits per heavy atom. The number of rotatable bonds is 7. The third-order valence-electron chi connectivity index (χ3n) is 3.57. The summed E-state index contributed by atoms with van der Waals surface area (Å²) >= 11 is 0. The van der Waals surface area contributed by atoms with Crippen molar-refractivity contribution >= 4 is 29.9 Å². The normalized spacial score (nSPS) is 13.6. The van der Waals surface area contributed by atoms with Gasteiger partial charge in [0, 0.05) is 25.2 Å². The number of hydrogen-bond donors (Lipinski definition) is 2. The minimum Gasteiger partial charge on any atom is -0.493 e. The molecule has 1 heterocycles. The summed E-state index contributed by atoms with van der Waals surface area (Å²) in [6.07, 6.45) is 4.67. The Morgan fingerprint density at radius 2 is 2.18 bits per heavy atom. The Kier molecular flexibility index (Phi) is 9.27. The van der Waals surface area contributed by atoms with E-state index in [-0.39, 0.29) is 24.0 Å². The van der Waals surface area contributed by atoms with Crippen LogP contribution in [-0.2, 0) is 6.54 Å². The molecule has 0 saturated heterocycles. The lowest BCUT2D eigenvalue weighted by atomic mass is 10.1. The van der Waals surface area contributed by atoms with Crippen molar-refractivity contribution in [3.8, 4) is 5.75 Å². The van der Waals surface area contributed by atoms with Crippen LogP contribution in [0.1, 0.15) is 43.7 Å². The predicted molar refractivity (Wildman–Crippen MR) is 103 cm³/mol. The van der Waals surface area contributed by atoms with Gasteiger partial charge in [0.15, 0.2) is 5.96 Å². The number of halogens is 1. The molecule has 4 nitrogen and oxygen atoms in total. The average Bonchev–Trinajstić information content (AvgIpc) is 2.52. The van der Waals surface area contributed by atoms with E-state index in [9.17, 15) is 0 Å². The lowest BCUT2D eigenvalue weighted by molar-refractivity contribution is 0.303. The van der Waals surface area contributed by atoms with E-state index in [1.165, 1.54) is 24.0 Å². The minimum absolute atomic E-state index is 0. The fraction of sp³-hybridized carbons (Fsp3) is 0.588. The molecule has 0 radical (unpaired) electrons. The minimum atomic E-state index is 0. The van der Waals surface area contributed by atoms with Crippen LogP contribution in [0.2, 0.25) is 0 Å². The Bertz CT molecular complexity index is 477. The first-order valence-electron chi connectivity index (χ1n) is 8.04. The molecule has 0 fully saturated rings. The maximum atomic E-state index is 5.96. The lowest BCUT2D eigenvalue weighted by Gasteiger charge is -2.18. The molecule has 0 spiro atoms. The molecule has 1 aromatic rings. The zero-order valence-corrected chi connectivity index (χ0v) is 16.0. The van der Waals surface area contributed by atoms with E-state index in [0.29, 0.717) is 0 Å². The van der Waals surface area contributed by atoms with Gasteiger partial charge in [0.25, 0.3) is 0 Å². The second kappa shape index (κ2) is 10.7. The molecule has 1 aliphatic heterocycles. The van der Waals surface area contributed by atoms with Crippen LogP contribution < -0.4 is 15.4 Å². The van der Waals surface area contributed by atoms with Crippen LogP contribution in [-0.4, -0.2) is 25.7 Å². The van der Waals surface area contributed by atoms with E-state index < -0.39 is 0 Å². The van der Waals surface area contributed by atoms with E-state index in [1.54, 1.807) is 0 Å². The number of nitrogens with zero attached hydrogens (tertiary/aromatic N) is 1. The highest BCUT2D eigenvalue weighted by molar-refractivity contribution is 14.0. The van der Waals surface area contributed by atoms with Crippen molar-refractivity contribution in [2.75, 3.05) is 19.7 Å². The first kappa shape index (κ1) is 19.1. The number of benzene rings is 1. The number of nitrogens with one attached hydrogen (secondary N) is 2. The molecule has 2 rings (SSSR count). The zero-order valence-electron chi connectivity index (χ0n) is 13.7. The molecular formula is C17H28IN3O. The summed E-state index contributed by atoms with van der Waals surface area (Å²) < 4.78 is 5.96. The highest BCUT2D eigenvalue weighted by atomic mass is 127. The summed E-state index contributed by atoms with van der Waals surface area (Å²) in [7, 11) is 0. The van der Waals surface area contributed by atoms with Gasteiger partial charge >= 0.3 is 0 Å². The van der Waals surface area contributed by atoms with E-state index in [0.717, 1.165) is 50.8 Å². The van der Waals surface area contributed by atoms with Gasteiger partial charge in [-0.05, 0) is 31.4 Å². The van der Waals surface area contributed by atoms with Crippen molar-refractivity contribution < 1.29 is 4.74 Å². The highest BCUT2D eigenvalue weighted by Crippen LogP contribution is 2.20. The number of aryl methyl sites for hydroxylation is 1. The third-order valence-corrected chi connectivity index (χ3v) is 3.57. The van der Waals surface area contributed by atoms with Crippen molar-refractivity contribution in [2.24, 2.45) is 4.99 Å². The van der Waals surface area contributed by atoms with Gasteiger partial charge in [0.05, 0.1) is 6.61 Å². The van der Waals surface area contributed by atoms with Crippen LogP contribution in [0.4, 0.5) is 0 Å². The largest absolute Gasteiger partial charge is 0.493 e. The smallest absolute Gasteiger partial charge is 0.191 e. The fourth-order valence-electron chi connectivity index (χ4n) is 2.31. The standard InChI is InChI=1S/C17H27N3O.HI/c1-3-4-5-11-21-16-12-14(2)7-8-15(16)13-20-17-18-9-6-10-19-17;/h7-8,12H,3-6,9-11,13H2,1-2H3,(H2,18,19,20);1H. The molecule has 1 aromatic carbocycles. The average molecular weight is 417 g/mol. The summed E-state index contributed by atoms with van der Waals surface area (Å²) in [6, 6.07) is 6.39. The first-order chi connectivity index (χ1) is 10.3. The molecule has 2 N–H and O–H groups in total. The van der Waals surface area contributed by atoms with Gasteiger partial charge in [-0.3, -0.25) is 4.99 Å². The predicted octanol–water partition coefficient (Wildman–Crippen LogP) is 3.62. The molecule has 0 amide bonds. The number of guanidine groups is 1. The van der Waals surface area contributed by atoms with Crippen LogP contribution in [0.15, 0.2) is 23.2 Å². The Balaban J connectivity index is 0.00000242. The SMILES string of the molecule is CCCCCOc1cc(C)ccc1CNC1=NCCCN1.I. The van der Waals surface area contributed by atoms with Crippen LogP contribution in [0.3, 0.4) is 0 Å². The number of unbranched alkanes of at least 4 members (excludes halogenated alkanes) is 2. The van der Waals surface area contributed by atoms with Crippen molar-refractivity contribution in [3.63, 3.8) is 0 Å². The van der Waals surface area contributed by atoms with E-state index >= 15 is 0 Å². The zero-order chi connectivity index (χ0) is 14.9. The summed E-state index contributed by atoms with van der Waals surface area (Å²) in [4.78, 5) is 4.43. The third kappa shape index (κ3) is 6.42. The van der Waals surface area contributed by atoms with E-state index in [1.807, 2.05) is 0 Å². The van der Waals surface area contributed by atoms with Gasteiger partial charge in [-0.1, -0.05) is 31.9 Å². The van der Waals surface area contributed by atoms with Crippen molar-refractivity contribution in [1.29, 1.82) is 0 Å².